The van der Waals surface area contributed by atoms with Gasteiger partial charge in [-0.2, -0.15) is 0 Å². The third-order valence-electron chi connectivity index (χ3n) is 4.51. The highest BCUT2D eigenvalue weighted by Gasteiger charge is 2.15. The molecule has 0 spiro atoms. The van der Waals surface area contributed by atoms with Crippen LogP contribution in [0.15, 0.2) is 90.3 Å². The number of aromatic nitrogens is 2. The van der Waals surface area contributed by atoms with Crippen LogP contribution in [0.1, 0.15) is 10.4 Å². The molecule has 2 N–H and O–H groups in total. The molecule has 1 amide bonds. The summed E-state index contributed by atoms with van der Waals surface area (Å²) in [5.41, 5.74) is 1.02. The van der Waals surface area contributed by atoms with Gasteiger partial charge in [0.05, 0.1) is 16.9 Å². The number of hydrogen-bond acceptors (Lipinski definition) is 4. The van der Waals surface area contributed by atoms with Gasteiger partial charge in [0.15, 0.2) is 0 Å². The fourth-order valence-electron chi connectivity index (χ4n) is 2.92. The van der Waals surface area contributed by atoms with Crippen molar-refractivity contribution < 1.29 is 22.0 Å². The maximum atomic E-state index is 14.4. The third-order valence-corrected chi connectivity index (χ3v) is 5.91. The highest BCUT2D eigenvalue weighted by Crippen LogP contribution is 2.20. The quantitative estimate of drug-likeness (QED) is 0.457. The van der Waals surface area contributed by atoms with Crippen LogP contribution in [0, 0.1) is 11.6 Å². The van der Waals surface area contributed by atoms with Crippen molar-refractivity contribution in [1.82, 2.24) is 9.55 Å². The van der Waals surface area contributed by atoms with Crippen molar-refractivity contribution in [3.8, 4) is 5.69 Å². The van der Waals surface area contributed by atoms with E-state index in [1.165, 1.54) is 53.5 Å². The normalized spacial score (nSPS) is 11.2. The molecule has 0 radical (unpaired) electrons. The Morgan fingerprint density at radius 3 is 2.22 bits per heavy atom. The Balaban J connectivity index is 1.44. The minimum absolute atomic E-state index is 0.0955. The lowest BCUT2D eigenvalue weighted by Crippen LogP contribution is -2.14. The smallest absolute Gasteiger partial charge is 0.261 e. The van der Waals surface area contributed by atoms with E-state index in [1.54, 1.807) is 12.3 Å². The van der Waals surface area contributed by atoms with Gasteiger partial charge in [0.1, 0.15) is 11.6 Å². The van der Waals surface area contributed by atoms with E-state index in [2.05, 4.69) is 15.0 Å². The second-order valence-electron chi connectivity index (χ2n) is 6.73. The van der Waals surface area contributed by atoms with Crippen LogP contribution in [-0.2, 0) is 10.0 Å². The number of sulfonamides is 1. The summed E-state index contributed by atoms with van der Waals surface area (Å²) in [6, 6.07) is 14.3. The van der Waals surface area contributed by atoms with Crippen LogP contribution in [-0.4, -0.2) is 23.9 Å². The van der Waals surface area contributed by atoms with Gasteiger partial charge in [0, 0.05) is 29.3 Å². The zero-order valence-electron chi connectivity index (χ0n) is 16.4. The largest absolute Gasteiger partial charge is 0.322 e. The molecule has 1 aromatic heterocycles. The third kappa shape index (κ3) is 4.65. The van der Waals surface area contributed by atoms with E-state index >= 15 is 0 Å². The van der Waals surface area contributed by atoms with Crippen LogP contribution >= 0.6 is 0 Å². The second-order valence-corrected chi connectivity index (χ2v) is 8.41. The molecule has 0 aliphatic carbocycles. The van der Waals surface area contributed by atoms with Gasteiger partial charge in [-0.15, -0.1) is 0 Å². The Bertz CT molecular complexity index is 1360. The SMILES string of the molecule is O=C(Nc1ccc(-n2ccnc2)c(F)c1)c1ccc(NS(=O)(=O)c2ccc(F)cc2)cc1. The van der Waals surface area contributed by atoms with E-state index in [9.17, 15) is 22.0 Å². The average Bonchev–Trinajstić information content (AvgIpc) is 3.29. The lowest BCUT2D eigenvalue weighted by molar-refractivity contribution is 0.102. The molecule has 7 nitrogen and oxygen atoms in total. The summed E-state index contributed by atoms with van der Waals surface area (Å²) < 4.78 is 56.0. The van der Waals surface area contributed by atoms with E-state index in [4.69, 9.17) is 0 Å². The van der Waals surface area contributed by atoms with Crippen molar-refractivity contribution in [1.29, 1.82) is 0 Å². The predicted octanol–water partition coefficient (Wildman–Crippen LogP) is 4.20. The molecule has 0 saturated heterocycles. The Hall–Kier alpha value is -4.05. The Kier molecular flexibility index (Phi) is 5.69. The van der Waals surface area contributed by atoms with Crippen LogP contribution < -0.4 is 10.0 Å². The predicted molar refractivity (Wildman–Crippen MR) is 115 cm³/mol. The minimum atomic E-state index is -3.90. The molecule has 0 atom stereocenters. The molecule has 162 valence electrons. The highest BCUT2D eigenvalue weighted by molar-refractivity contribution is 7.92. The molecule has 0 bridgehead atoms. The first-order chi connectivity index (χ1) is 15.3. The van der Waals surface area contributed by atoms with Crippen LogP contribution in [0.25, 0.3) is 5.69 Å². The summed E-state index contributed by atoms with van der Waals surface area (Å²) >= 11 is 0. The Morgan fingerprint density at radius 1 is 0.906 bits per heavy atom. The van der Waals surface area contributed by atoms with Gasteiger partial charge < -0.3 is 9.88 Å². The van der Waals surface area contributed by atoms with Gasteiger partial charge in [0.2, 0.25) is 0 Å². The number of amides is 1. The molecule has 10 heteroatoms. The van der Waals surface area contributed by atoms with Gasteiger partial charge in [-0.3, -0.25) is 9.52 Å². The average molecular weight is 454 g/mol. The molecule has 0 saturated carbocycles. The highest BCUT2D eigenvalue weighted by atomic mass is 32.2. The van der Waals surface area contributed by atoms with Crippen molar-refractivity contribution in [2.24, 2.45) is 0 Å². The zero-order valence-corrected chi connectivity index (χ0v) is 17.2. The van der Waals surface area contributed by atoms with Crippen molar-refractivity contribution in [3.05, 3.63) is 103 Å². The van der Waals surface area contributed by atoms with Gasteiger partial charge in [-0.05, 0) is 66.7 Å². The van der Waals surface area contributed by atoms with E-state index in [-0.39, 0.29) is 21.8 Å². The molecule has 1 heterocycles. The molecule has 0 aliphatic rings. The van der Waals surface area contributed by atoms with Gasteiger partial charge in [-0.25, -0.2) is 22.2 Å². The lowest BCUT2D eigenvalue weighted by atomic mass is 10.2. The number of nitrogens with zero attached hydrogens (tertiary/aromatic N) is 2. The van der Waals surface area contributed by atoms with Crippen molar-refractivity contribution in [2.45, 2.75) is 4.90 Å². The number of carbonyl (C=O) groups is 1. The van der Waals surface area contributed by atoms with Gasteiger partial charge in [0.25, 0.3) is 15.9 Å². The molecule has 3 aromatic carbocycles. The van der Waals surface area contributed by atoms with Crippen molar-refractivity contribution in [3.63, 3.8) is 0 Å². The number of carbonyl (C=O) groups excluding carboxylic acids is 1. The number of anilines is 2. The number of imidazole rings is 1. The number of halogens is 2. The molecular weight excluding hydrogens is 438 g/mol. The Morgan fingerprint density at radius 2 is 1.59 bits per heavy atom. The van der Waals surface area contributed by atoms with Gasteiger partial charge >= 0.3 is 0 Å². The second kappa shape index (κ2) is 8.60. The first-order valence-corrected chi connectivity index (χ1v) is 10.8. The number of hydrogen-bond donors (Lipinski definition) is 2. The topological polar surface area (TPSA) is 93.1 Å². The lowest BCUT2D eigenvalue weighted by Gasteiger charge is -2.10. The molecule has 4 rings (SSSR count). The summed E-state index contributed by atoms with van der Waals surface area (Å²) in [6.45, 7) is 0. The van der Waals surface area contributed by atoms with E-state index < -0.39 is 27.6 Å². The standard InChI is InChI=1S/C22H16F2N4O3S/c23-16-3-8-19(9-4-16)32(30,31)27-17-5-1-15(2-6-17)22(29)26-18-7-10-21(20(24)13-18)28-12-11-25-14-28/h1-14,27H,(H,26,29). The summed E-state index contributed by atoms with van der Waals surface area (Å²) in [4.78, 5) is 16.2. The fraction of sp³-hybridized carbons (Fsp3) is 0. The Labute approximate surface area is 182 Å². The maximum absolute atomic E-state index is 14.4. The van der Waals surface area contributed by atoms with E-state index in [0.29, 0.717) is 5.69 Å². The van der Waals surface area contributed by atoms with Crippen LogP contribution in [0.4, 0.5) is 20.2 Å². The number of benzene rings is 3. The molecule has 4 aromatic rings. The first-order valence-electron chi connectivity index (χ1n) is 9.29. The maximum Gasteiger partial charge on any atom is 0.261 e. The van der Waals surface area contributed by atoms with E-state index in [1.807, 2.05) is 0 Å². The number of nitrogens with one attached hydrogen (secondary N) is 2. The summed E-state index contributed by atoms with van der Waals surface area (Å²) in [5, 5.41) is 2.59. The number of rotatable bonds is 6. The van der Waals surface area contributed by atoms with Gasteiger partial charge in [-0.1, -0.05) is 0 Å². The molecule has 0 fully saturated rings. The first kappa shape index (κ1) is 21.2. The van der Waals surface area contributed by atoms with E-state index in [0.717, 1.165) is 24.3 Å². The zero-order chi connectivity index (χ0) is 22.7. The molecule has 0 aliphatic heterocycles. The molecular formula is C22H16F2N4O3S. The van der Waals surface area contributed by atoms with Crippen molar-refractivity contribution >= 4 is 27.3 Å². The molecule has 32 heavy (non-hydrogen) atoms. The minimum Gasteiger partial charge on any atom is -0.322 e. The monoisotopic (exact) mass is 454 g/mol. The van der Waals surface area contributed by atoms with Crippen LogP contribution in [0.5, 0.6) is 0 Å². The summed E-state index contributed by atoms with van der Waals surface area (Å²) in [7, 11) is -3.90. The summed E-state index contributed by atoms with van der Waals surface area (Å²) in [6.07, 6.45) is 4.59. The van der Waals surface area contributed by atoms with Crippen LogP contribution in [0.2, 0.25) is 0 Å². The van der Waals surface area contributed by atoms with Crippen LogP contribution in [0.3, 0.4) is 0 Å². The molecule has 0 unspecified atom stereocenters. The fourth-order valence-corrected chi connectivity index (χ4v) is 3.98. The summed E-state index contributed by atoms with van der Waals surface area (Å²) in [5.74, 6) is -1.57. The van der Waals surface area contributed by atoms with Crippen molar-refractivity contribution in [2.75, 3.05) is 10.0 Å².